The molecule has 0 bridgehead atoms. The first-order valence-corrected chi connectivity index (χ1v) is 3.83. The third kappa shape index (κ3) is 703. The molecule has 265 valence electrons. The Kier molecular flexibility index (Phi) is 704. The molecule has 30 heteroatoms. The number of hydrogen-bond donors (Lipinski definition) is 10. The van der Waals surface area contributed by atoms with Crippen LogP contribution in [0.1, 0.15) is 0 Å². The molecule has 0 spiro atoms. The first kappa shape index (κ1) is 161. The molecule has 0 saturated heterocycles. The van der Waals surface area contributed by atoms with Crippen LogP contribution in [-0.2, 0) is 185 Å². The molecule has 0 aliphatic carbocycles. The average Bonchev–Trinajstić information content (AvgIpc) is 2.16. The molecule has 0 rings (SSSR count). The van der Waals surface area contributed by atoms with Gasteiger partial charge in [0.15, 0.2) is 12.6 Å². The Labute approximate surface area is 317 Å². The number of nitrogens with two attached hydrogens (primary N) is 2. The van der Waals surface area contributed by atoms with Crippen LogP contribution >= 0.6 is 0 Å². The van der Waals surface area contributed by atoms with Crippen LogP contribution in [0.5, 0.6) is 0 Å². The van der Waals surface area contributed by atoms with Gasteiger partial charge in [0.2, 0.25) is 0 Å². The maximum atomic E-state index is 8.47. The molecule has 0 aromatic carbocycles. The van der Waals surface area contributed by atoms with E-state index in [-0.39, 0.29) is 237 Å². The fourth-order valence-electron chi connectivity index (χ4n) is 0. The van der Waals surface area contributed by atoms with Crippen molar-refractivity contribution in [2.45, 2.75) is 12.6 Å². The molecule has 0 atom stereocenters. The van der Waals surface area contributed by atoms with E-state index in [9.17, 15) is 0 Å². The van der Waals surface area contributed by atoms with Gasteiger partial charge in [-0.25, -0.2) is 20.8 Å². The van der Waals surface area contributed by atoms with E-state index >= 15 is 0 Å². The Morgan fingerprint density at radius 2 is 0.529 bits per heavy atom. The zero-order chi connectivity index (χ0) is 15.7. The molecule has 34 heavy (non-hydrogen) atoms. The van der Waals surface area contributed by atoms with Gasteiger partial charge in [-0.15, -0.1) is 0 Å². The predicted molar refractivity (Wildman–Crippen MR) is 74.3 cm³/mol. The molecule has 26 N–H and O–H groups in total. The Morgan fingerprint density at radius 1 is 0.500 bits per heavy atom. The zero-order valence-electron chi connectivity index (χ0n) is 15.2. The van der Waals surface area contributed by atoms with Crippen LogP contribution in [0.4, 0.5) is 0 Å². The second-order valence-corrected chi connectivity index (χ2v) is 1.94. The summed E-state index contributed by atoms with van der Waals surface area (Å²) in [6.45, 7) is -0.167. The van der Waals surface area contributed by atoms with Crippen molar-refractivity contribution < 1.29 is 275 Å². The normalized spacial score (nSPS) is 4.24. The van der Waals surface area contributed by atoms with Crippen LogP contribution in [0.2, 0.25) is 0 Å². The van der Waals surface area contributed by atoms with Crippen molar-refractivity contribution in [3.63, 3.8) is 0 Å². The number of nitrogens with zero attached hydrogens (tertiary/aromatic N) is 2. The minimum absolute atomic E-state index is 0. The third-order valence-corrected chi connectivity index (χ3v) is 0.422. The summed E-state index contributed by atoms with van der Waals surface area (Å²) in [7, 11) is 0. The molecule has 0 aromatic heterocycles. The van der Waals surface area contributed by atoms with Crippen LogP contribution in [0.25, 0.3) is 0 Å². The third-order valence-electron chi connectivity index (χ3n) is 0.422. The van der Waals surface area contributed by atoms with Gasteiger partial charge < -0.3 is 70.2 Å². The second kappa shape index (κ2) is 149. The van der Waals surface area contributed by atoms with E-state index in [4.69, 9.17) is 51.1 Å². The molecular formula is C4H32Ag6Cu3N4O17+4. The van der Waals surface area contributed by atoms with Crippen molar-refractivity contribution >= 4 is 0 Å². The van der Waals surface area contributed by atoms with Crippen molar-refractivity contribution in [1.29, 1.82) is 0 Å². The van der Waals surface area contributed by atoms with Crippen molar-refractivity contribution in [1.82, 2.24) is 0 Å². The van der Waals surface area contributed by atoms with Crippen LogP contribution in [0.3, 0.4) is 0 Å². The minimum Gasteiger partial charge on any atom is -0.412 e. The molecule has 0 heterocycles. The van der Waals surface area contributed by atoms with E-state index in [0.29, 0.717) is 0 Å². The smallest absolute Gasteiger partial charge is 0.412 e. The molecule has 0 saturated carbocycles. The maximum Gasteiger partial charge on any atom is 2.00 e. The van der Waals surface area contributed by atoms with Crippen LogP contribution in [0.15, 0.2) is 0 Å². The van der Waals surface area contributed by atoms with Gasteiger partial charge in [0.25, 0.3) is 0 Å². The molecule has 0 aliphatic heterocycles. The molecule has 0 fully saturated rings. The quantitative estimate of drug-likeness (QED) is 0.0701. The molecule has 0 unspecified atom stereocenters. The van der Waals surface area contributed by atoms with Crippen LogP contribution in [-0.4, -0.2) is 115 Å². The summed E-state index contributed by atoms with van der Waals surface area (Å²) >= 11 is 0. The van der Waals surface area contributed by atoms with Crippen molar-refractivity contribution in [3.05, 3.63) is 9.81 Å². The summed E-state index contributed by atoms with van der Waals surface area (Å²) in [6.07, 6.45) is -2.68. The average molecular weight is 1250 g/mol. The van der Waals surface area contributed by atoms with Gasteiger partial charge in [-0.1, -0.05) is 0 Å². The van der Waals surface area contributed by atoms with E-state index in [1.165, 1.54) is 0 Å². The van der Waals surface area contributed by atoms with Crippen molar-refractivity contribution in [2.24, 2.45) is 11.5 Å². The topological polar surface area (TPSA) is 475 Å². The molecule has 21 nitrogen and oxygen atoms in total. The van der Waals surface area contributed by atoms with Gasteiger partial charge >= 0.3 is 27.2 Å². The molecule has 0 aliphatic rings. The van der Waals surface area contributed by atoms with E-state index in [1.54, 1.807) is 0 Å². The maximum absolute atomic E-state index is 8.47. The van der Waals surface area contributed by atoms with Gasteiger partial charge in [0, 0.05) is 182 Å². The summed E-state index contributed by atoms with van der Waals surface area (Å²) in [5.41, 5.74) is 9.34. The van der Waals surface area contributed by atoms with E-state index < -0.39 is 22.8 Å². The van der Waals surface area contributed by atoms with E-state index in [2.05, 4.69) is 11.5 Å². The molecule has 0 amide bonds. The Balaban J connectivity index is -0.00000000370. The zero-order valence-corrected chi connectivity index (χ0v) is 26.9. The summed E-state index contributed by atoms with van der Waals surface area (Å²) in [6, 6.07) is 0. The van der Waals surface area contributed by atoms with Crippen molar-refractivity contribution in [3.8, 4) is 0 Å². The van der Waals surface area contributed by atoms with Crippen LogP contribution < -0.4 is 11.5 Å². The Bertz CT molecular complexity index is 200. The fraction of sp³-hybridized carbons (Fsp3) is 1.00. The number of rotatable bonds is 2. The SMILES string of the molecule is NCC(O)O.NCC(O)O.O.O.O.O.O.O.O.O=[N+](O)O.O=[N+](O)O.[Ag].[Ag].[Ag].[Ag].[Ag].[Ag].[Cu+2].[Cu].[Cu]. The molecule has 0 aromatic rings. The predicted octanol–water partition coefficient (Wildman–Crippen LogP) is -10.2. The first-order chi connectivity index (χ1) is 8.00. The van der Waals surface area contributed by atoms with Gasteiger partial charge in [-0.3, -0.25) is 0 Å². The number of hydrogen-bond acceptors (Lipinski definition) is 8. The number of aliphatic hydroxyl groups excluding tert-OH is 2. The Morgan fingerprint density at radius 3 is 0.529 bits per heavy atom. The summed E-state index contributed by atoms with van der Waals surface area (Å²) < 4.78 is 0. The monoisotopic (exact) mass is 1240 g/mol. The van der Waals surface area contributed by atoms with E-state index in [0.717, 1.165) is 0 Å². The molecule has 9 radical (unpaired) electrons. The second-order valence-electron chi connectivity index (χ2n) is 1.94. The summed E-state index contributed by atoms with van der Waals surface area (Å²) in [5, 5.41) is 56.2. The summed E-state index contributed by atoms with van der Waals surface area (Å²) in [4.78, 5) is 16.9. The fourth-order valence-corrected chi connectivity index (χ4v) is 0. The van der Waals surface area contributed by atoms with Crippen LogP contribution in [0, 0.1) is 9.81 Å². The minimum atomic E-state index is -1.34. The standard InChI is InChI=1S/2C2H7NO2.6Ag.3Cu.2H2NO3.7H2O/c2*3-1-2(4)5;;;;;;;;;;2*2-1(3)4;;;;;;;/h2*2,4-5H,1,3H2;;;;;;;;;;2*(H2,2,3,4);7*1H2/q;;;;;;;;;;+2;2*+1;;;;;;;. The Hall–Kier alpha value is 3.88. The van der Waals surface area contributed by atoms with Gasteiger partial charge in [0.05, 0.1) is 0 Å². The molecular weight excluding hydrogens is 1210 g/mol. The first-order valence-electron chi connectivity index (χ1n) is 3.83. The van der Waals surface area contributed by atoms with Gasteiger partial charge in [0.1, 0.15) is 9.81 Å². The van der Waals surface area contributed by atoms with Crippen molar-refractivity contribution in [2.75, 3.05) is 13.1 Å². The summed E-state index contributed by atoms with van der Waals surface area (Å²) in [5.74, 6) is 0. The van der Waals surface area contributed by atoms with Gasteiger partial charge in [-0.2, -0.15) is 0 Å². The van der Waals surface area contributed by atoms with E-state index in [1.807, 2.05) is 0 Å². The number of aliphatic hydroxyl groups is 4. The largest absolute Gasteiger partial charge is 2.00 e. The van der Waals surface area contributed by atoms with Gasteiger partial charge in [-0.05, 0) is 0 Å².